The Morgan fingerprint density at radius 3 is 2.50 bits per heavy atom. The van der Waals surface area contributed by atoms with Crippen LogP contribution in [0.15, 0.2) is 0 Å². The first kappa shape index (κ1) is 12.3. The lowest BCUT2D eigenvalue weighted by molar-refractivity contribution is 0.167. The molecule has 2 nitrogen and oxygen atoms in total. The lowest BCUT2D eigenvalue weighted by Gasteiger charge is -2.31. The Bertz CT molecular complexity index is 165. The Labute approximate surface area is 91.9 Å². The number of nitrogens with one attached hydrogen (secondary N) is 1. The Hall–Kier alpha value is 0.270. The van der Waals surface area contributed by atoms with Crippen molar-refractivity contribution in [3.8, 4) is 0 Å². The zero-order valence-electron chi connectivity index (χ0n) is 9.55. The average molecular weight is 217 g/mol. The molecule has 84 valence electrons. The van der Waals surface area contributed by atoms with Crippen LogP contribution in [0.1, 0.15) is 26.7 Å². The van der Waals surface area contributed by atoms with Gasteiger partial charge in [0.05, 0.1) is 12.1 Å². The zero-order chi connectivity index (χ0) is 10.6. The summed E-state index contributed by atoms with van der Waals surface area (Å²) in [6.07, 6.45) is 2.56. The number of aliphatic hydroxyl groups is 1. The van der Waals surface area contributed by atoms with Gasteiger partial charge in [0.1, 0.15) is 0 Å². The van der Waals surface area contributed by atoms with Crippen LogP contribution in [0.5, 0.6) is 0 Å². The highest BCUT2D eigenvalue weighted by molar-refractivity contribution is 7.99. The third kappa shape index (κ3) is 3.14. The summed E-state index contributed by atoms with van der Waals surface area (Å²) in [5.74, 6) is 3.68. The van der Waals surface area contributed by atoms with E-state index < -0.39 is 0 Å². The van der Waals surface area contributed by atoms with Crippen molar-refractivity contribution in [1.29, 1.82) is 0 Å². The molecule has 1 saturated carbocycles. The maximum Gasteiger partial charge on any atom is 0.0624 e. The molecule has 1 aliphatic rings. The summed E-state index contributed by atoms with van der Waals surface area (Å²) in [6.45, 7) is 4.76. The Kier molecular flexibility index (Phi) is 4.74. The molecule has 0 heterocycles. The van der Waals surface area contributed by atoms with Crippen molar-refractivity contribution in [2.24, 2.45) is 11.8 Å². The van der Waals surface area contributed by atoms with Gasteiger partial charge in [-0.05, 0) is 37.5 Å². The van der Waals surface area contributed by atoms with E-state index in [0.717, 1.165) is 11.7 Å². The molecule has 1 aliphatic carbocycles. The van der Waals surface area contributed by atoms with Crippen molar-refractivity contribution >= 4 is 11.8 Å². The predicted molar refractivity (Wildman–Crippen MR) is 63.8 cm³/mol. The van der Waals surface area contributed by atoms with E-state index in [1.165, 1.54) is 18.6 Å². The van der Waals surface area contributed by atoms with Gasteiger partial charge in [-0.3, -0.25) is 0 Å². The number of hydrogen-bond acceptors (Lipinski definition) is 3. The first-order valence-corrected chi connectivity index (χ1v) is 6.67. The van der Waals surface area contributed by atoms with E-state index in [1.807, 2.05) is 18.8 Å². The molecule has 1 unspecified atom stereocenters. The van der Waals surface area contributed by atoms with E-state index in [0.29, 0.717) is 5.92 Å². The summed E-state index contributed by atoms with van der Waals surface area (Å²) < 4.78 is 0. The molecule has 0 saturated heterocycles. The molecule has 0 radical (unpaired) electrons. The molecule has 1 atom stereocenters. The van der Waals surface area contributed by atoms with Gasteiger partial charge in [-0.25, -0.2) is 0 Å². The van der Waals surface area contributed by atoms with E-state index >= 15 is 0 Å². The summed E-state index contributed by atoms with van der Waals surface area (Å²) in [5.41, 5.74) is -0.000440. The molecule has 0 aromatic rings. The van der Waals surface area contributed by atoms with Crippen molar-refractivity contribution in [3.05, 3.63) is 0 Å². The molecule has 3 heteroatoms. The number of rotatable bonds is 7. The van der Waals surface area contributed by atoms with Crippen LogP contribution < -0.4 is 5.32 Å². The average Bonchev–Trinajstić information content (AvgIpc) is 2.96. The van der Waals surface area contributed by atoms with Crippen LogP contribution in [-0.4, -0.2) is 35.8 Å². The molecule has 0 amide bonds. The molecule has 1 rings (SSSR count). The van der Waals surface area contributed by atoms with Crippen molar-refractivity contribution in [3.63, 3.8) is 0 Å². The first-order valence-electron chi connectivity index (χ1n) is 5.52. The van der Waals surface area contributed by atoms with Gasteiger partial charge in [0, 0.05) is 5.75 Å². The van der Waals surface area contributed by atoms with Crippen molar-refractivity contribution in [2.75, 3.05) is 25.2 Å². The van der Waals surface area contributed by atoms with Crippen LogP contribution in [-0.2, 0) is 0 Å². The van der Waals surface area contributed by atoms with Gasteiger partial charge in [0.2, 0.25) is 0 Å². The van der Waals surface area contributed by atoms with E-state index in [9.17, 15) is 5.11 Å². The van der Waals surface area contributed by atoms with Gasteiger partial charge in [-0.2, -0.15) is 11.8 Å². The largest absolute Gasteiger partial charge is 0.394 e. The fourth-order valence-corrected chi connectivity index (χ4v) is 3.19. The molecule has 0 spiro atoms. The number of thioether (sulfide) groups is 1. The van der Waals surface area contributed by atoms with E-state index in [4.69, 9.17) is 0 Å². The molecular formula is C11H23NOS. The molecular weight excluding hydrogens is 194 g/mol. The number of hydrogen-bond donors (Lipinski definition) is 2. The Balaban J connectivity index is 2.34. The van der Waals surface area contributed by atoms with Crippen LogP contribution in [0.2, 0.25) is 0 Å². The zero-order valence-corrected chi connectivity index (χ0v) is 10.4. The first-order chi connectivity index (χ1) is 6.64. The molecule has 2 N–H and O–H groups in total. The van der Waals surface area contributed by atoms with Crippen LogP contribution in [0, 0.1) is 11.8 Å². The van der Waals surface area contributed by atoms with Crippen LogP contribution in [0.25, 0.3) is 0 Å². The van der Waals surface area contributed by atoms with Gasteiger partial charge >= 0.3 is 0 Å². The van der Waals surface area contributed by atoms with Crippen LogP contribution in [0.3, 0.4) is 0 Å². The summed E-state index contributed by atoms with van der Waals surface area (Å²) >= 11 is 1.96. The lowest BCUT2D eigenvalue weighted by Crippen LogP contribution is -2.51. The van der Waals surface area contributed by atoms with Gasteiger partial charge in [0.25, 0.3) is 0 Å². The Morgan fingerprint density at radius 1 is 1.50 bits per heavy atom. The smallest absolute Gasteiger partial charge is 0.0624 e. The summed E-state index contributed by atoms with van der Waals surface area (Å²) in [5, 5.41) is 12.8. The van der Waals surface area contributed by atoms with Crippen LogP contribution >= 0.6 is 11.8 Å². The highest BCUT2D eigenvalue weighted by Crippen LogP contribution is 2.41. The van der Waals surface area contributed by atoms with Crippen molar-refractivity contribution < 1.29 is 5.11 Å². The maximum atomic E-state index is 9.48. The monoisotopic (exact) mass is 217 g/mol. The fraction of sp³-hybridized carbons (Fsp3) is 1.00. The molecule has 14 heavy (non-hydrogen) atoms. The second-order valence-electron chi connectivity index (χ2n) is 4.75. The summed E-state index contributed by atoms with van der Waals surface area (Å²) in [7, 11) is 1.98. The summed E-state index contributed by atoms with van der Waals surface area (Å²) in [6, 6.07) is 0. The standard InChI is InChI=1S/C11H23NOS/c1-9(2)6-14-8-11(7-13,12-3)10-4-5-10/h9-10,12-13H,4-8H2,1-3H3. The molecule has 0 aromatic heterocycles. The van der Waals surface area contributed by atoms with E-state index in [1.54, 1.807) is 0 Å². The molecule has 1 fully saturated rings. The Morgan fingerprint density at radius 2 is 2.14 bits per heavy atom. The highest BCUT2D eigenvalue weighted by Gasteiger charge is 2.43. The SMILES string of the molecule is CNC(CO)(CSCC(C)C)C1CC1. The number of aliphatic hydroxyl groups excluding tert-OH is 1. The number of likely N-dealkylation sites (N-methyl/N-ethyl adjacent to an activating group) is 1. The van der Waals surface area contributed by atoms with Gasteiger partial charge in [-0.15, -0.1) is 0 Å². The topological polar surface area (TPSA) is 32.3 Å². The predicted octanol–water partition coefficient (Wildman–Crippen LogP) is 1.74. The van der Waals surface area contributed by atoms with Crippen LogP contribution in [0.4, 0.5) is 0 Å². The minimum atomic E-state index is -0.000440. The van der Waals surface area contributed by atoms with E-state index in [2.05, 4.69) is 19.2 Å². The second-order valence-corrected chi connectivity index (χ2v) is 5.78. The third-order valence-corrected chi connectivity index (χ3v) is 4.57. The fourth-order valence-electron chi connectivity index (χ4n) is 1.76. The third-order valence-electron chi connectivity index (χ3n) is 2.95. The van der Waals surface area contributed by atoms with E-state index in [-0.39, 0.29) is 12.1 Å². The second kappa shape index (κ2) is 5.38. The van der Waals surface area contributed by atoms with Crippen molar-refractivity contribution in [1.82, 2.24) is 5.32 Å². The maximum absolute atomic E-state index is 9.48. The van der Waals surface area contributed by atoms with Gasteiger partial charge in [-0.1, -0.05) is 13.8 Å². The summed E-state index contributed by atoms with van der Waals surface area (Å²) in [4.78, 5) is 0. The molecule has 0 aliphatic heterocycles. The molecule has 0 bridgehead atoms. The van der Waals surface area contributed by atoms with Gasteiger partial charge < -0.3 is 10.4 Å². The quantitative estimate of drug-likeness (QED) is 0.681. The van der Waals surface area contributed by atoms with Gasteiger partial charge in [0.15, 0.2) is 0 Å². The lowest BCUT2D eigenvalue weighted by atomic mass is 9.97. The minimum absolute atomic E-state index is 0.000440. The normalized spacial score (nSPS) is 21.2. The molecule has 0 aromatic carbocycles. The minimum Gasteiger partial charge on any atom is -0.394 e. The van der Waals surface area contributed by atoms with Crippen molar-refractivity contribution in [2.45, 2.75) is 32.2 Å². The highest BCUT2D eigenvalue weighted by atomic mass is 32.2.